The second-order valence-electron chi connectivity index (χ2n) is 5.47. The lowest BCUT2D eigenvalue weighted by Crippen LogP contribution is -2.14. The molecule has 0 radical (unpaired) electrons. The molecular weight excluding hydrogens is 312 g/mol. The van der Waals surface area contributed by atoms with E-state index in [0.29, 0.717) is 10.5 Å². The van der Waals surface area contributed by atoms with Crippen molar-refractivity contribution in [3.05, 3.63) is 41.0 Å². The number of hydrogen-bond acceptors (Lipinski definition) is 4. The SMILES string of the molecule is COc1ccc2c(c1)sc(=NC(=O)c1ccn(C(C)C)n1)n2C. The zero-order valence-corrected chi connectivity index (χ0v) is 14.3. The quantitative estimate of drug-likeness (QED) is 0.742. The minimum absolute atomic E-state index is 0.212. The van der Waals surface area contributed by atoms with Crippen molar-refractivity contribution in [3.63, 3.8) is 0 Å². The number of rotatable bonds is 3. The fraction of sp³-hybridized carbons (Fsp3) is 0.312. The van der Waals surface area contributed by atoms with Crippen molar-refractivity contribution in [2.45, 2.75) is 19.9 Å². The largest absolute Gasteiger partial charge is 0.497 e. The Morgan fingerprint density at radius 1 is 1.35 bits per heavy atom. The maximum absolute atomic E-state index is 12.3. The van der Waals surface area contributed by atoms with Gasteiger partial charge in [0.25, 0.3) is 5.91 Å². The first kappa shape index (κ1) is 15.5. The summed E-state index contributed by atoms with van der Waals surface area (Å²) in [7, 11) is 3.53. The standard InChI is InChI=1S/C16H18N4O2S/c1-10(2)20-8-7-12(18-20)15(21)17-16-19(3)13-6-5-11(22-4)9-14(13)23-16/h5-10H,1-4H3. The molecule has 0 fully saturated rings. The summed E-state index contributed by atoms with van der Waals surface area (Å²) in [5.74, 6) is 0.450. The van der Waals surface area contributed by atoms with E-state index in [0.717, 1.165) is 16.0 Å². The van der Waals surface area contributed by atoms with E-state index in [1.165, 1.54) is 11.3 Å². The van der Waals surface area contributed by atoms with E-state index < -0.39 is 0 Å². The molecule has 0 spiro atoms. The highest BCUT2D eigenvalue weighted by Crippen LogP contribution is 2.22. The molecule has 0 unspecified atom stereocenters. The summed E-state index contributed by atoms with van der Waals surface area (Å²) >= 11 is 1.45. The number of carbonyl (C=O) groups is 1. The van der Waals surface area contributed by atoms with Crippen molar-refractivity contribution in [1.29, 1.82) is 0 Å². The van der Waals surface area contributed by atoms with Gasteiger partial charge in [-0.15, -0.1) is 0 Å². The number of methoxy groups -OCH3 is 1. The van der Waals surface area contributed by atoms with Crippen LogP contribution in [0.15, 0.2) is 35.5 Å². The number of thiazole rings is 1. The summed E-state index contributed by atoms with van der Waals surface area (Å²) in [5, 5.41) is 4.27. The number of hydrogen-bond donors (Lipinski definition) is 0. The molecule has 0 saturated carbocycles. The maximum Gasteiger partial charge on any atom is 0.300 e. The van der Waals surface area contributed by atoms with E-state index in [-0.39, 0.29) is 11.9 Å². The molecular formula is C16H18N4O2S. The average Bonchev–Trinajstić information content (AvgIpc) is 3.13. The van der Waals surface area contributed by atoms with E-state index >= 15 is 0 Å². The first-order valence-electron chi connectivity index (χ1n) is 7.27. The molecule has 0 aliphatic heterocycles. The van der Waals surface area contributed by atoms with Gasteiger partial charge in [0.1, 0.15) is 5.75 Å². The van der Waals surface area contributed by atoms with Crippen LogP contribution in [0.5, 0.6) is 5.75 Å². The second kappa shape index (κ2) is 6.00. The summed E-state index contributed by atoms with van der Waals surface area (Å²) in [4.78, 5) is 17.2. The highest BCUT2D eigenvalue weighted by Gasteiger charge is 2.11. The van der Waals surface area contributed by atoms with Crippen LogP contribution in [0.1, 0.15) is 30.4 Å². The Kier molecular flexibility index (Phi) is 4.04. The van der Waals surface area contributed by atoms with Crippen LogP contribution >= 0.6 is 11.3 Å². The minimum atomic E-state index is -0.335. The molecule has 0 aliphatic carbocycles. The van der Waals surface area contributed by atoms with Gasteiger partial charge in [0, 0.05) is 19.3 Å². The number of aromatic nitrogens is 3. The Labute approximate surface area is 137 Å². The van der Waals surface area contributed by atoms with Crippen LogP contribution in [-0.2, 0) is 7.05 Å². The smallest absolute Gasteiger partial charge is 0.300 e. The highest BCUT2D eigenvalue weighted by molar-refractivity contribution is 7.16. The number of amides is 1. The third-order valence-electron chi connectivity index (χ3n) is 3.57. The van der Waals surface area contributed by atoms with E-state index in [1.807, 2.05) is 43.7 Å². The Morgan fingerprint density at radius 3 is 2.78 bits per heavy atom. The van der Waals surface area contributed by atoms with Crippen molar-refractivity contribution in [3.8, 4) is 5.75 Å². The van der Waals surface area contributed by atoms with E-state index in [1.54, 1.807) is 24.1 Å². The summed E-state index contributed by atoms with van der Waals surface area (Å²) in [5.41, 5.74) is 1.36. The first-order valence-corrected chi connectivity index (χ1v) is 8.09. The Hall–Kier alpha value is -2.41. The zero-order chi connectivity index (χ0) is 16.6. The number of benzene rings is 1. The summed E-state index contributed by atoms with van der Waals surface area (Å²) < 4.78 is 9.90. The van der Waals surface area contributed by atoms with E-state index in [9.17, 15) is 4.79 Å². The molecule has 0 atom stereocenters. The van der Waals surface area contributed by atoms with Gasteiger partial charge in [0.05, 0.1) is 17.3 Å². The van der Waals surface area contributed by atoms with Gasteiger partial charge in [-0.2, -0.15) is 10.1 Å². The maximum atomic E-state index is 12.3. The molecule has 2 aromatic heterocycles. The lowest BCUT2D eigenvalue weighted by Gasteiger charge is -2.02. The molecule has 23 heavy (non-hydrogen) atoms. The third-order valence-corrected chi connectivity index (χ3v) is 4.66. The van der Waals surface area contributed by atoms with Crippen LogP contribution in [0.25, 0.3) is 10.2 Å². The van der Waals surface area contributed by atoms with Crippen LogP contribution in [-0.4, -0.2) is 27.4 Å². The monoisotopic (exact) mass is 330 g/mol. The Morgan fingerprint density at radius 2 is 2.13 bits per heavy atom. The van der Waals surface area contributed by atoms with Crippen molar-refractivity contribution >= 4 is 27.5 Å². The van der Waals surface area contributed by atoms with Crippen molar-refractivity contribution in [1.82, 2.24) is 14.3 Å². The molecule has 3 rings (SSSR count). The molecule has 1 aromatic carbocycles. The normalized spacial score (nSPS) is 12.3. The highest BCUT2D eigenvalue weighted by atomic mass is 32.1. The molecule has 3 aromatic rings. The van der Waals surface area contributed by atoms with Crippen LogP contribution in [0.3, 0.4) is 0 Å². The van der Waals surface area contributed by atoms with Gasteiger partial charge in [-0.25, -0.2) is 0 Å². The molecule has 6 nitrogen and oxygen atoms in total. The average molecular weight is 330 g/mol. The van der Waals surface area contributed by atoms with Gasteiger partial charge in [0.2, 0.25) is 0 Å². The molecule has 1 amide bonds. The van der Waals surface area contributed by atoms with Gasteiger partial charge in [0.15, 0.2) is 10.5 Å². The molecule has 2 heterocycles. The van der Waals surface area contributed by atoms with Crippen LogP contribution in [0, 0.1) is 0 Å². The molecule has 0 aliphatic rings. The number of ether oxygens (including phenoxy) is 1. The topological polar surface area (TPSA) is 61.4 Å². The zero-order valence-electron chi connectivity index (χ0n) is 13.5. The Balaban J connectivity index is 2.02. The van der Waals surface area contributed by atoms with E-state index in [4.69, 9.17) is 4.74 Å². The third kappa shape index (κ3) is 2.92. The van der Waals surface area contributed by atoms with Crippen molar-refractivity contribution in [2.75, 3.05) is 7.11 Å². The summed E-state index contributed by atoms with van der Waals surface area (Å²) in [6, 6.07) is 7.70. The predicted octanol–water partition coefficient (Wildman–Crippen LogP) is 2.77. The summed E-state index contributed by atoms with van der Waals surface area (Å²) in [6.45, 7) is 4.02. The molecule has 120 valence electrons. The minimum Gasteiger partial charge on any atom is -0.497 e. The number of carbonyl (C=O) groups excluding carboxylic acids is 1. The number of nitrogens with zero attached hydrogens (tertiary/aromatic N) is 4. The van der Waals surface area contributed by atoms with Gasteiger partial charge in [-0.3, -0.25) is 9.48 Å². The lowest BCUT2D eigenvalue weighted by molar-refractivity contribution is 0.0992. The number of aryl methyl sites for hydroxylation is 1. The van der Waals surface area contributed by atoms with E-state index in [2.05, 4.69) is 10.1 Å². The molecule has 7 heteroatoms. The first-order chi connectivity index (χ1) is 11.0. The van der Waals surface area contributed by atoms with Gasteiger partial charge >= 0.3 is 0 Å². The van der Waals surface area contributed by atoms with Crippen molar-refractivity contribution < 1.29 is 9.53 Å². The van der Waals surface area contributed by atoms with Gasteiger partial charge in [-0.1, -0.05) is 11.3 Å². The molecule has 0 saturated heterocycles. The van der Waals surface area contributed by atoms with Crippen LogP contribution in [0.4, 0.5) is 0 Å². The van der Waals surface area contributed by atoms with Crippen LogP contribution < -0.4 is 9.54 Å². The van der Waals surface area contributed by atoms with Gasteiger partial charge in [-0.05, 0) is 38.1 Å². The molecule has 0 bridgehead atoms. The lowest BCUT2D eigenvalue weighted by atomic mass is 10.3. The fourth-order valence-electron chi connectivity index (χ4n) is 2.23. The number of fused-ring (bicyclic) bond motifs is 1. The Bertz CT molecular complexity index is 933. The second-order valence-corrected chi connectivity index (χ2v) is 6.48. The summed E-state index contributed by atoms with van der Waals surface area (Å²) in [6.07, 6.45) is 1.79. The fourth-order valence-corrected chi connectivity index (χ4v) is 3.28. The van der Waals surface area contributed by atoms with Crippen LogP contribution in [0.2, 0.25) is 0 Å². The molecule has 0 N–H and O–H groups in total. The predicted molar refractivity (Wildman–Crippen MR) is 89.9 cm³/mol. The van der Waals surface area contributed by atoms with Crippen molar-refractivity contribution in [2.24, 2.45) is 12.0 Å². The van der Waals surface area contributed by atoms with Gasteiger partial charge < -0.3 is 9.30 Å².